The predicted molar refractivity (Wildman–Crippen MR) is 70.7 cm³/mol. The number of para-hydroxylation sites is 1. The summed E-state index contributed by atoms with van der Waals surface area (Å²) in [7, 11) is 0. The van der Waals surface area contributed by atoms with Crippen LogP contribution in [0.3, 0.4) is 0 Å². The van der Waals surface area contributed by atoms with E-state index in [9.17, 15) is 0 Å². The molecule has 0 aromatic heterocycles. The summed E-state index contributed by atoms with van der Waals surface area (Å²) in [6.07, 6.45) is 1.19. The summed E-state index contributed by atoms with van der Waals surface area (Å²) in [6.45, 7) is 6.64. The molecule has 1 aromatic carbocycles. The first kappa shape index (κ1) is 11.8. The van der Waals surface area contributed by atoms with E-state index in [0.29, 0.717) is 17.2 Å². The van der Waals surface area contributed by atoms with Crippen molar-refractivity contribution >= 4 is 11.4 Å². The van der Waals surface area contributed by atoms with E-state index in [1.54, 1.807) is 6.07 Å². The zero-order valence-electron chi connectivity index (χ0n) is 10.5. The largest absolute Gasteiger partial charge is 0.396 e. The van der Waals surface area contributed by atoms with Gasteiger partial charge in [0, 0.05) is 13.1 Å². The van der Waals surface area contributed by atoms with Crippen molar-refractivity contribution in [2.75, 3.05) is 23.7 Å². The zero-order valence-corrected chi connectivity index (χ0v) is 10.5. The Kier molecular flexibility index (Phi) is 3.23. The number of rotatable bonds is 1. The Hall–Kier alpha value is -1.69. The summed E-state index contributed by atoms with van der Waals surface area (Å²) in [5, 5.41) is 8.99. The van der Waals surface area contributed by atoms with Crippen LogP contribution in [0, 0.1) is 23.2 Å². The van der Waals surface area contributed by atoms with E-state index in [1.807, 2.05) is 12.1 Å². The second-order valence-corrected chi connectivity index (χ2v) is 5.04. The van der Waals surface area contributed by atoms with Crippen LogP contribution in [0.1, 0.15) is 25.8 Å². The number of nitrogens with two attached hydrogens (primary N) is 1. The highest BCUT2D eigenvalue weighted by Gasteiger charge is 2.24. The van der Waals surface area contributed by atoms with Gasteiger partial charge in [-0.3, -0.25) is 0 Å². The lowest BCUT2D eigenvalue weighted by molar-refractivity contribution is 0.324. The van der Waals surface area contributed by atoms with Crippen molar-refractivity contribution in [3.8, 4) is 6.07 Å². The van der Waals surface area contributed by atoms with E-state index in [4.69, 9.17) is 11.0 Å². The minimum Gasteiger partial charge on any atom is -0.396 e. The molecule has 2 N–H and O–H groups in total. The van der Waals surface area contributed by atoms with Gasteiger partial charge in [0.2, 0.25) is 0 Å². The second kappa shape index (κ2) is 4.67. The summed E-state index contributed by atoms with van der Waals surface area (Å²) in [4.78, 5) is 2.31. The van der Waals surface area contributed by atoms with Gasteiger partial charge in [-0.05, 0) is 30.4 Å². The third kappa shape index (κ3) is 2.21. The molecule has 0 bridgehead atoms. The summed E-state index contributed by atoms with van der Waals surface area (Å²) in [5.74, 6) is 1.44. The van der Waals surface area contributed by atoms with Crippen LogP contribution in [0.5, 0.6) is 0 Å². The van der Waals surface area contributed by atoms with E-state index in [0.717, 1.165) is 24.7 Å². The van der Waals surface area contributed by atoms with Crippen molar-refractivity contribution in [1.82, 2.24) is 0 Å². The van der Waals surface area contributed by atoms with Crippen molar-refractivity contribution in [2.45, 2.75) is 20.3 Å². The average Bonchev–Trinajstić information content (AvgIpc) is 2.33. The topological polar surface area (TPSA) is 53.0 Å². The fraction of sp³-hybridized carbons (Fsp3) is 0.500. The number of piperidine rings is 1. The molecule has 3 heteroatoms. The molecule has 0 spiro atoms. The van der Waals surface area contributed by atoms with Gasteiger partial charge in [-0.1, -0.05) is 19.9 Å². The van der Waals surface area contributed by atoms with Gasteiger partial charge in [0.1, 0.15) is 6.07 Å². The number of benzene rings is 1. The molecule has 1 aliphatic heterocycles. The molecule has 3 nitrogen and oxygen atoms in total. The molecular formula is C14H19N3. The highest BCUT2D eigenvalue weighted by atomic mass is 15.1. The molecule has 1 saturated heterocycles. The Balaban J connectivity index is 2.27. The Bertz CT molecular complexity index is 447. The van der Waals surface area contributed by atoms with Crippen LogP contribution in [0.15, 0.2) is 18.2 Å². The second-order valence-electron chi connectivity index (χ2n) is 5.04. The maximum absolute atomic E-state index is 8.99. The van der Waals surface area contributed by atoms with Gasteiger partial charge in [0.25, 0.3) is 0 Å². The van der Waals surface area contributed by atoms with E-state index >= 15 is 0 Å². The molecule has 2 atom stereocenters. The van der Waals surface area contributed by atoms with E-state index in [1.165, 1.54) is 6.42 Å². The first-order chi connectivity index (χ1) is 8.13. The lowest BCUT2D eigenvalue weighted by atomic mass is 9.88. The van der Waals surface area contributed by atoms with Crippen LogP contribution in [-0.2, 0) is 0 Å². The van der Waals surface area contributed by atoms with Crippen molar-refractivity contribution in [2.24, 2.45) is 11.8 Å². The van der Waals surface area contributed by atoms with Gasteiger partial charge in [-0.25, -0.2) is 0 Å². The smallest absolute Gasteiger partial charge is 0.101 e. The number of nitrogen functional groups attached to an aromatic ring is 1. The zero-order chi connectivity index (χ0) is 12.4. The van der Waals surface area contributed by atoms with Crippen LogP contribution in [-0.4, -0.2) is 13.1 Å². The van der Waals surface area contributed by atoms with Gasteiger partial charge >= 0.3 is 0 Å². The normalized spacial score (nSPS) is 24.4. The number of hydrogen-bond donors (Lipinski definition) is 1. The molecule has 0 saturated carbocycles. The van der Waals surface area contributed by atoms with Crippen molar-refractivity contribution in [1.29, 1.82) is 5.26 Å². The van der Waals surface area contributed by atoms with Gasteiger partial charge in [-0.2, -0.15) is 5.26 Å². The third-order valence-corrected chi connectivity index (χ3v) is 3.88. The van der Waals surface area contributed by atoms with E-state index in [2.05, 4.69) is 24.8 Å². The maximum Gasteiger partial charge on any atom is 0.101 e. The first-order valence-corrected chi connectivity index (χ1v) is 6.17. The molecule has 2 rings (SSSR count). The average molecular weight is 229 g/mol. The molecule has 1 aromatic rings. The standard InChI is InChI=1S/C14H19N3/c1-10-6-7-17(9-11(10)2)13-5-3-4-12(8-15)14(13)16/h3-5,10-11H,6-7,9,16H2,1-2H3. The highest BCUT2D eigenvalue weighted by molar-refractivity contribution is 5.74. The minimum atomic E-state index is 0.578. The molecule has 0 aliphatic carbocycles. The Morgan fingerprint density at radius 3 is 2.76 bits per heavy atom. The highest BCUT2D eigenvalue weighted by Crippen LogP contribution is 2.31. The Morgan fingerprint density at radius 2 is 2.12 bits per heavy atom. The molecule has 17 heavy (non-hydrogen) atoms. The Labute approximate surface area is 103 Å². The van der Waals surface area contributed by atoms with Crippen LogP contribution in [0.4, 0.5) is 11.4 Å². The van der Waals surface area contributed by atoms with Gasteiger partial charge < -0.3 is 10.6 Å². The van der Waals surface area contributed by atoms with Crippen molar-refractivity contribution < 1.29 is 0 Å². The fourth-order valence-electron chi connectivity index (χ4n) is 2.41. The SMILES string of the molecule is CC1CCN(c2cccc(C#N)c2N)CC1C. The number of nitrogens with zero attached hydrogens (tertiary/aromatic N) is 2. The van der Waals surface area contributed by atoms with E-state index in [-0.39, 0.29) is 0 Å². The Morgan fingerprint density at radius 1 is 1.35 bits per heavy atom. The summed E-state index contributed by atoms with van der Waals surface area (Å²) >= 11 is 0. The molecule has 1 heterocycles. The summed E-state index contributed by atoms with van der Waals surface area (Å²) in [6, 6.07) is 7.84. The predicted octanol–water partition coefficient (Wildman–Crippen LogP) is 2.62. The molecule has 0 radical (unpaired) electrons. The summed E-state index contributed by atoms with van der Waals surface area (Å²) in [5.41, 5.74) is 8.26. The van der Waals surface area contributed by atoms with Crippen LogP contribution < -0.4 is 10.6 Å². The molecule has 1 aliphatic rings. The van der Waals surface area contributed by atoms with E-state index < -0.39 is 0 Å². The molecular weight excluding hydrogens is 210 g/mol. The third-order valence-electron chi connectivity index (χ3n) is 3.88. The molecule has 2 unspecified atom stereocenters. The maximum atomic E-state index is 8.99. The number of anilines is 2. The fourth-order valence-corrected chi connectivity index (χ4v) is 2.41. The lowest BCUT2D eigenvalue weighted by Crippen LogP contribution is -2.38. The quantitative estimate of drug-likeness (QED) is 0.753. The number of nitriles is 1. The van der Waals surface area contributed by atoms with Crippen molar-refractivity contribution in [3.63, 3.8) is 0 Å². The van der Waals surface area contributed by atoms with Gasteiger partial charge in [0.05, 0.1) is 16.9 Å². The first-order valence-electron chi connectivity index (χ1n) is 6.17. The van der Waals surface area contributed by atoms with Gasteiger partial charge in [-0.15, -0.1) is 0 Å². The minimum absolute atomic E-state index is 0.578. The van der Waals surface area contributed by atoms with Crippen molar-refractivity contribution in [3.05, 3.63) is 23.8 Å². The monoisotopic (exact) mass is 229 g/mol. The molecule has 0 amide bonds. The molecule has 90 valence electrons. The van der Waals surface area contributed by atoms with Crippen LogP contribution >= 0.6 is 0 Å². The summed E-state index contributed by atoms with van der Waals surface area (Å²) < 4.78 is 0. The van der Waals surface area contributed by atoms with Crippen LogP contribution in [0.25, 0.3) is 0 Å². The molecule has 1 fully saturated rings. The lowest BCUT2D eigenvalue weighted by Gasteiger charge is -2.37. The number of hydrogen-bond acceptors (Lipinski definition) is 3. The van der Waals surface area contributed by atoms with Crippen LogP contribution in [0.2, 0.25) is 0 Å². The van der Waals surface area contributed by atoms with Gasteiger partial charge in [0.15, 0.2) is 0 Å².